The van der Waals surface area contributed by atoms with E-state index < -0.39 is 6.10 Å². The number of hydrogen-bond donors (Lipinski definition) is 2. The zero-order chi connectivity index (χ0) is 11.5. The lowest BCUT2D eigenvalue weighted by atomic mass is 9.95. The fourth-order valence-electron chi connectivity index (χ4n) is 2.00. The van der Waals surface area contributed by atoms with Gasteiger partial charge in [0.2, 0.25) is 0 Å². The molecule has 84 valence electrons. The Kier molecular flexibility index (Phi) is 3.22. The first-order valence-corrected chi connectivity index (χ1v) is 5.65. The van der Waals surface area contributed by atoms with Crippen LogP contribution in [0.15, 0.2) is 42.5 Å². The van der Waals surface area contributed by atoms with Crippen LogP contribution in [0.2, 0.25) is 0 Å². The van der Waals surface area contributed by atoms with E-state index in [2.05, 4.69) is 12.1 Å². The fraction of sp³-hybridized carbons (Fsp3) is 0.286. The summed E-state index contributed by atoms with van der Waals surface area (Å²) in [6.07, 6.45) is 0.190. The van der Waals surface area contributed by atoms with Crippen molar-refractivity contribution >= 4 is 10.8 Å². The number of aliphatic hydroxyl groups excluding tert-OH is 1. The quantitative estimate of drug-likeness (QED) is 0.826. The van der Waals surface area contributed by atoms with Crippen LogP contribution in [0.3, 0.4) is 0 Å². The Morgan fingerprint density at radius 3 is 2.56 bits per heavy atom. The van der Waals surface area contributed by atoms with E-state index in [0.29, 0.717) is 6.42 Å². The largest absolute Gasteiger partial charge is 0.391 e. The molecule has 2 aromatic carbocycles. The Morgan fingerprint density at radius 1 is 1.12 bits per heavy atom. The molecular formula is C14H17NO. The van der Waals surface area contributed by atoms with Crippen molar-refractivity contribution in [3.05, 3.63) is 48.0 Å². The van der Waals surface area contributed by atoms with Crippen LogP contribution in [-0.4, -0.2) is 11.2 Å². The standard InChI is InChI=1S/C14H17NO/c1-2-13(16)14(15)12-9-5-7-10-6-3-4-8-11(10)12/h3-9,13-14,16H,2,15H2,1H3/t13-,14+/m0/s1. The van der Waals surface area contributed by atoms with E-state index >= 15 is 0 Å². The summed E-state index contributed by atoms with van der Waals surface area (Å²) in [6, 6.07) is 13.8. The first-order valence-electron chi connectivity index (χ1n) is 5.65. The van der Waals surface area contributed by atoms with Crippen LogP contribution in [0, 0.1) is 0 Å². The van der Waals surface area contributed by atoms with Crippen molar-refractivity contribution in [2.75, 3.05) is 0 Å². The molecule has 2 atom stereocenters. The third kappa shape index (κ3) is 1.94. The first kappa shape index (κ1) is 11.1. The van der Waals surface area contributed by atoms with Crippen LogP contribution < -0.4 is 5.73 Å². The maximum Gasteiger partial charge on any atom is 0.0730 e. The van der Waals surface area contributed by atoms with Gasteiger partial charge in [-0.05, 0) is 22.8 Å². The zero-order valence-electron chi connectivity index (χ0n) is 9.43. The molecule has 16 heavy (non-hydrogen) atoms. The molecule has 0 aliphatic heterocycles. The lowest BCUT2D eigenvalue weighted by molar-refractivity contribution is 0.141. The second kappa shape index (κ2) is 4.64. The van der Waals surface area contributed by atoms with Gasteiger partial charge in [-0.15, -0.1) is 0 Å². The molecule has 0 fully saturated rings. The maximum atomic E-state index is 9.81. The van der Waals surface area contributed by atoms with Crippen LogP contribution in [0.4, 0.5) is 0 Å². The van der Waals surface area contributed by atoms with Crippen LogP contribution in [0.5, 0.6) is 0 Å². The van der Waals surface area contributed by atoms with Gasteiger partial charge in [-0.2, -0.15) is 0 Å². The van der Waals surface area contributed by atoms with Crippen molar-refractivity contribution in [1.82, 2.24) is 0 Å². The Hall–Kier alpha value is -1.38. The predicted molar refractivity (Wildman–Crippen MR) is 67.2 cm³/mol. The summed E-state index contributed by atoms with van der Waals surface area (Å²) in [6.45, 7) is 1.94. The van der Waals surface area contributed by atoms with E-state index in [9.17, 15) is 5.11 Å². The van der Waals surface area contributed by atoms with Crippen molar-refractivity contribution in [3.8, 4) is 0 Å². The summed E-state index contributed by atoms with van der Waals surface area (Å²) in [7, 11) is 0. The Labute approximate surface area is 95.7 Å². The average Bonchev–Trinajstić information content (AvgIpc) is 2.36. The molecular weight excluding hydrogens is 198 g/mol. The van der Waals surface area contributed by atoms with Gasteiger partial charge >= 0.3 is 0 Å². The van der Waals surface area contributed by atoms with Gasteiger partial charge in [-0.3, -0.25) is 0 Å². The Morgan fingerprint density at radius 2 is 1.81 bits per heavy atom. The summed E-state index contributed by atoms with van der Waals surface area (Å²) in [5, 5.41) is 12.1. The van der Waals surface area contributed by atoms with Gasteiger partial charge in [-0.1, -0.05) is 49.4 Å². The van der Waals surface area contributed by atoms with Crippen molar-refractivity contribution in [3.63, 3.8) is 0 Å². The van der Waals surface area contributed by atoms with Gasteiger partial charge in [0.25, 0.3) is 0 Å². The van der Waals surface area contributed by atoms with E-state index in [1.54, 1.807) is 0 Å². The molecule has 0 radical (unpaired) electrons. The number of nitrogens with two attached hydrogens (primary N) is 1. The monoisotopic (exact) mass is 215 g/mol. The normalized spacial score (nSPS) is 14.9. The molecule has 0 saturated heterocycles. The SMILES string of the molecule is CC[C@H](O)[C@H](N)c1cccc2ccccc12. The van der Waals surface area contributed by atoms with Gasteiger partial charge < -0.3 is 10.8 Å². The third-order valence-electron chi connectivity index (χ3n) is 3.02. The minimum absolute atomic E-state index is 0.309. The second-order valence-corrected chi connectivity index (χ2v) is 4.07. The van der Waals surface area contributed by atoms with E-state index in [0.717, 1.165) is 10.9 Å². The minimum Gasteiger partial charge on any atom is -0.391 e. The van der Waals surface area contributed by atoms with Gasteiger partial charge in [0.05, 0.1) is 12.1 Å². The number of fused-ring (bicyclic) bond motifs is 1. The van der Waals surface area contributed by atoms with E-state index in [1.165, 1.54) is 5.39 Å². The maximum absolute atomic E-state index is 9.81. The van der Waals surface area contributed by atoms with E-state index in [-0.39, 0.29) is 6.04 Å². The molecule has 0 heterocycles. The first-order chi connectivity index (χ1) is 7.74. The summed E-state index contributed by atoms with van der Waals surface area (Å²) in [5.74, 6) is 0. The van der Waals surface area contributed by atoms with Gasteiger partial charge in [0, 0.05) is 0 Å². The van der Waals surface area contributed by atoms with Crippen molar-refractivity contribution < 1.29 is 5.11 Å². The van der Waals surface area contributed by atoms with Crippen molar-refractivity contribution in [2.24, 2.45) is 5.73 Å². The summed E-state index contributed by atoms with van der Waals surface area (Å²) >= 11 is 0. The van der Waals surface area contributed by atoms with Gasteiger partial charge in [-0.25, -0.2) is 0 Å². The Bertz CT molecular complexity index is 476. The molecule has 0 amide bonds. The summed E-state index contributed by atoms with van der Waals surface area (Å²) < 4.78 is 0. The van der Waals surface area contributed by atoms with E-state index in [1.807, 2.05) is 37.3 Å². The fourth-order valence-corrected chi connectivity index (χ4v) is 2.00. The molecule has 2 rings (SSSR count). The molecule has 0 aliphatic carbocycles. The highest BCUT2D eigenvalue weighted by Gasteiger charge is 2.16. The molecule has 0 aromatic heterocycles. The highest BCUT2D eigenvalue weighted by atomic mass is 16.3. The zero-order valence-corrected chi connectivity index (χ0v) is 9.43. The van der Waals surface area contributed by atoms with Gasteiger partial charge in [0.15, 0.2) is 0 Å². The lowest BCUT2D eigenvalue weighted by Crippen LogP contribution is -2.25. The molecule has 2 aromatic rings. The molecule has 0 bridgehead atoms. The summed E-state index contributed by atoms with van der Waals surface area (Å²) in [5.41, 5.74) is 7.09. The second-order valence-electron chi connectivity index (χ2n) is 4.07. The molecule has 0 spiro atoms. The van der Waals surface area contributed by atoms with Crippen molar-refractivity contribution in [2.45, 2.75) is 25.5 Å². The van der Waals surface area contributed by atoms with Crippen LogP contribution in [-0.2, 0) is 0 Å². The number of benzene rings is 2. The smallest absolute Gasteiger partial charge is 0.0730 e. The van der Waals surface area contributed by atoms with Crippen molar-refractivity contribution in [1.29, 1.82) is 0 Å². The Balaban J connectivity index is 2.52. The highest BCUT2D eigenvalue weighted by Crippen LogP contribution is 2.25. The molecule has 0 aliphatic rings. The summed E-state index contributed by atoms with van der Waals surface area (Å²) in [4.78, 5) is 0. The number of hydrogen-bond acceptors (Lipinski definition) is 2. The van der Waals surface area contributed by atoms with Crippen LogP contribution >= 0.6 is 0 Å². The molecule has 0 unspecified atom stereocenters. The molecule has 2 nitrogen and oxygen atoms in total. The number of rotatable bonds is 3. The average molecular weight is 215 g/mol. The van der Waals surface area contributed by atoms with E-state index in [4.69, 9.17) is 5.73 Å². The lowest BCUT2D eigenvalue weighted by Gasteiger charge is -2.19. The minimum atomic E-state index is -0.481. The topological polar surface area (TPSA) is 46.2 Å². The van der Waals surface area contributed by atoms with Crippen LogP contribution in [0.25, 0.3) is 10.8 Å². The predicted octanol–water partition coefficient (Wildman–Crippen LogP) is 2.61. The molecule has 3 N–H and O–H groups in total. The molecule has 0 saturated carbocycles. The van der Waals surface area contributed by atoms with Gasteiger partial charge in [0.1, 0.15) is 0 Å². The van der Waals surface area contributed by atoms with Crippen LogP contribution in [0.1, 0.15) is 24.9 Å². The highest BCUT2D eigenvalue weighted by molar-refractivity contribution is 5.86. The number of aliphatic hydroxyl groups is 1. The molecule has 2 heteroatoms. The third-order valence-corrected chi connectivity index (χ3v) is 3.02.